The number of carboxylic acid groups (broad SMARTS) is 1. The molecule has 0 spiro atoms. The zero-order chi connectivity index (χ0) is 14.0. The van der Waals surface area contributed by atoms with Gasteiger partial charge in [-0.3, -0.25) is 0 Å². The topological polar surface area (TPSA) is 40.5 Å². The van der Waals surface area contributed by atoms with Crippen molar-refractivity contribution in [2.45, 2.75) is 33.1 Å². The van der Waals surface area contributed by atoms with Gasteiger partial charge in [-0.25, -0.2) is 9.18 Å². The summed E-state index contributed by atoms with van der Waals surface area (Å²) in [6.07, 6.45) is 3.24. The number of nitrogens with zero attached hydrogens (tertiary/aromatic N) is 1. The molecule has 0 aliphatic carbocycles. The van der Waals surface area contributed by atoms with Crippen LogP contribution in [0.3, 0.4) is 0 Å². The Morgan fingerprint density at radius 3 is 2.63 bits per heavy atom. The fourth-order valence-electron chi connectivity index (χ4n) is 2.92. The summed E-state index contributed by atoms with van der Waals surface area (Å²) >= 11 is 0. The maximum Gasteiger partial charge on any atom is 0.337 e. The van der Waals surface area contributed by atoms with Crippen LogP contribution in [0.25, 0.3) is 0 Å². The number of aromatic carboxylic acids is 1. The molecule has 19 heavy (non-hydrogen) atoms. The van der Waals surface area contributed by atoms with Gasteiger partial charge in [0.25, 0.3) is 0 Å². The van der Waals surface area contributed by atoms with Crippen molar-refractivity contribution in [3.63, 3.8) is 0 Å². The second kappa shape index (κ2) is 5.19. The molecule has 3 nitrogen and oxygen atoms in total. The summed E-state index contributed by atoms with van der Waals surface area (Å²) in [7, 11) is 0. The summed E-state index contributed by atoms with van der Waals surface area (Å²) in [6, 6.07) is 4.02. The molecule has 104 valence electrons. The summed E-state index contributed by atoms with van der Waals surface area (Å²) < 4.78 is 13.2. The average Bonchev–Trinajstić information content (AvgIpc) is 2.83. The minimum Gasteiger partial charge on any atom is -0.478 e. The van der Waals surface area contributed by atoms with Crippen molar-refractivity contribution >= 4 is 11.7 Å². The predicted octanol–water partition coefficient (Wildman–Crippen LogP) is 3.54. The van der Waals surface area contributed by atoms with Gasteiger partial charge in [-0.1, -0.05) is 13.8 Å². The molecule has 1 saturated heterocycles. The van der Waals surface area contributed by atoms with Gasteiger partial charge in [0.1, 0.15) is 5.82 Å². The van der Waals surface area contributed by atoms with E-state index in [1.165, 1.54) is 6.07 Å². The van der Waals surface area contributed by atoms with Crippen LogP contribution in [0.5, 0.6) is 0 Å². The van der Waals surface area contributed by atoms with Gasteiger partial charge in [-0.05, 0) is 42.9 Å². The van der Waals surface area contributed by atoms with E-state index in [0.29, 0.717) is 5.69 Å². The lowest BCUT2D eigenvalue weighted by Crippen LogP contribution is -2.27. The van der Waals surface area contributed by atoms with Crippen molar-refractivity contribution in [3.05, 3.63) is 29.6 Å². The maximum absolute atomic E-state index is 13.2. The monoisotopic (exact) mass is 265 g/mol. The van der Waals surface area contributed by atoms with Gasteiger partial charge in [-0.15, -0.1) is 0 Å². The van der Waals surface area contributed by atoms with E-state index < -0.39 is 11.8 Å². The zero-order valence-corrected chi connectivity index (χ0v) is 11.4. The summed E-state index contributed by atoms with van der Waals surface area (Å²) in [6.45, 7) is 6.05. The summed E-state index contributed by atoms with van der Waals surface area (Å²) in [4.78, 5) is 13.3. The van der Waals surface area contributed by atoms with Gasteiger partial charge in [0.15, 0.2) is 0 Å². The predicted molar refractivity (Wildman–Crippen MR) is 73.2 cm³/mol. The maximum atomic E-state index is 13.2. The molecule has 1 aliphatic heterocycles. The third-order valence-corrected chi connectivity index (χ3v) is 4.47. The normalized spacial score (nSPS) is 17.7. The molecular weight excluding hydrogens is 245 g/mol. The smallest absolute Gasteiger partial charge is 0.337 e. The third-order valence-electron chi connectivity index (χ3n) is 4.47. The number of anilines is 1. The second-order valence-corrected chi connectivity index (χ2v) is 5.35. The van der Waals surface area contributed by atoms with E-state index in [9.17, 15) is 14.3 Å². The van der Waals surface area contributed by atoms with Crippen LogP contribution in [-0.2, 0) is 0 Å². The fourth-order valence-corrected chi connectivity index (χ4v) is 2.92. The summed E-state index contributed by atoms with van der Waals surface area (Å²) in [5.41, 5.74) is 0.963. The highest BCUT2D eigenvalue weighted by molar-refractivity contribution is 5.94. The molecule has 1 N–H and O–H groups in total. The molecule has 1 aromatic carbocycles. The van der Waals surface area contributed by atoms with Crippen LogP contribution in [-0.4, -0.2) is 24.2 Å². The number of carboxylic acids is 1. The first-order valence-electron chi connectivity index (χ1n) is 6.79. The van der Waals surface area contributed by atoms with Crippen LogP contribution in [0, 0.1) is 11.2 Å². The van der Waals surface area contributed by atoms with Crippen LogP contribution >= 0.6 is 0 Å². The number of carbonyl (C=O) groups is 1. The first-order valence-corrected chi connectivity index (χ1v) is 6.79. The Hall–Kier alpha value is -1.58. The van der Waals surface area contributed by atoms with Gasteiger partial charge < -0.3 is 10.0 Å². The second-order valence-electron chi connectivity index (χ2n) is 5.35. The molecule has 0 amide bonds. The molecule has 0 radical (unpaired) electrons. The molecule has 1 aromatic rings. The van der Waals surface area contributed by atoms with Crippen molar-refractivity contribution in [1.29, 1.82) is 0 Å². The first-order chi connectivity index (χ1) is 9.01. The lowest BCUT2D eigenvalue weighted by atomic mass is 9.82. The van der Waals surface area contributed by atoms with Gasteiger partial charge in [-0.2, -0.15) is 0 Å². The average molecular weight is 265 g/mol. The Morgan fingerprint density at radius 1 is 1.42 bits per heavy atom. The number of hydrogen-bond donors (Lipinski definition) is 1. The van der Waals surface area contributed by atoms with E-state index in [0.717, 1.165) is 38.4 Å². The van der Waals surface area contributed by atoms with Crippen LogP contribution in [0.4, 0.5) is 10.1 Å². The zero-order valence-electron chi connectivity index (χ0n) is 11.4. The Bertz CT molecular complexity index is 483. The SMILES string of the molecule is CCC1(CC)CCN(c2ccc(F)cc2C(=O)O)C1. The first kappa shape index (κ1) is 13.8. The van der Waals surface area contributed by atoms with Gasteiger partial charge in [0.05, 0.1) is 11.3 Å². The molecule has 1 fully saturated rings. The van der Waals surface area contributed by atoms with E-state index in [4.69, 9.17) is 0 Å². The number of benzene rings is 1. The van der Waals surface area contributed by atoms with Crippen molar-refractivity contribution in [2.75, 3.05) is 18.0 Å². The summed E-state index contributed by atoms with van der Waals surface area (Å²) in [5.74, 6) is -1.57. The van der Waals surface area contributed by atoms with E-state index in [-0.39, 0.29) is 11.0 Å². The van der Waals surface area contributed by atoms with Crippen LogP contribution < -0.4 is 4.90 Å². The van der Waals surface area contributed by atoms with Crippen LogP contribution in [0.2, 0.25) is 0 Å². The molecule has 1 aliphatic rings. The number of hydrogen-bond acceptors (Lipinski definition) is 2. The standard InChI is InChI=1S/C15H20FNO2/c1-3-15(4-2)7-8-17(10-15)13-6-5-11(16)9-12(13)14(18)19/h5-6,9H,3-4,7-8,10H2,1-2H3,(H,18,19). The van der Waals surface area contributed by atoms with E-state index in [2.05, 4.69) is 18.7 Å². The highest BCUT2D eigenvalue weighted by atomic mass is 19.1. The largest absolute Gasteiger partial charge is 0.478 e. The minimum atomic E-state index is -1.07. The van der Waals surface area contributed by atoms with Crippen molar-refractivity contribution in [1.82, 2.24) is 0 Å². The molecule has 0 aromatic heterocycles. The minimum absolute atomic E-state index is 0.0583. The van der Waals surface area contributed by atoms with Crippen molar-refractivity contribution in [3.8, 4) is 0 Å². The Labute approximate surface area is 113 Å². The molecule has 0 unspecified atom stereocenters. The molecular formula is C15H20FNO2. The molecule has 0 atom stereocenters. The van der Waals surface area contributed by atoms with Crippen molar-refractivity contribution in [2.24, 2.45) is 5.41 Å². The lowest BCUT2D eigenvalue weighted by molar-refractivity contribution is 0.0697. The number of halogens is 1. The van der Waals surface area contributed by atoms with Gasteiger partial charge in [0, 0.05) is 13.1 Å². The third kappa shape index (κ3) is 2.57. The Balaban J connectivity index is 2.31. The van der Waals surface area contributed by atoms with Gasteiger partial charge in [0.2, 0.25) is 0 Å². The fraction of sp³-hybridized carbons (Fsp3) is 0.533. The van der Waals surface area contributed by atoms with Crippen LogP contribution in [0.1, 0.15) is 43.5 Å². The molecule has 0 bridgehead atoms. The highest BCUT2D eigenvalue weighted by Gasteiger charge is 2.36. The Morgan fingerprint density at radius 2 is 2.11 bits per heavy atom. The van der Waals surface area contributed by atoms with E-state index in [1.54, 1.807) is 6.07 Å². The number of rotatable bonds is 4. The van der Waals surface area contributed by atoms with E-state index in [1.807, 2.05) is 0 Å². The molecule has 2 rings (SSSR count). The van der Waals surface area contributed by atoms with Crippen LogP contribution in [0.15, 0.2) is 18.2 Å². The summed E-state index contributed by atoms with van der Waals surface area (Å²) in [5, 5.41) is 9.20. The quantitative estimate of drug-likeness (QED) is 0.905. The molecule has 1 heterocycles. The van der Waals surface area contributed by atoms with Crippen molar-refractivity contribution < 1.29 is 14.3 Å². The Kier molecular flexibility index (Phi) is 3.78. The lowest BCUT2D eigenvalue weighted by Gasteiger charge is -2.27. The van der Waals surface area contributed by atoms with Gasteiger partial charge >= 0.3 is 5.97 Å². The molecule has 4 heteroatoms. The molecule has 0 saturated carbocycles. The highest BCUT2D eigenvalue weighted by Crippen LogP contribution is 2.39. The van der Waals surface area contributed by atoms with E-state index >= 15 is 0 Å².